The molecular formula is C25H28N4O2. The number of nitrogens with zero attached hydrogens (tertiary/aromatic N) is 3. The second-order valence-electron chi connectivity index (χ2n) is 7.87. The molecule has 1 N–H and O–H groups in total. The summed E-state index contributed by atoms with van der Waals surface area (Å²) in [6, 6.07) is 19.2. The molecule has 6 nitrogen and oxygen atoms in total. The van der Waals surface area contributed by atoms with Gasteiger partial charge in [0.25, 0.3) is 5.91 Å². The van der Waals surface area contributed by atoms with Gasteiger partial charge in [-0.25, -0.2) is 0 Å². The lowest BCUT2D eigenvalue weighted by atomic mass is 9.88. The largest absolute Gasteiger partial charge is 0.496 e. The number of carbonyl (C=O) groups excluding carboxylic acids is 1. The fourth-order valence-corrected chi connectivity index (χ4v) is 4.29. The van der Waals surface area contributed by atoms with Crippen molar-refractivity contribution in [1.29, 1.82) is 0 Å². The van der Waals surface area contributed by atoms with E-state index in [4.69, 9.17) is 4.74 Å². The number of pyridine rings is 2. The lowest BCUT2D eigenvalue weighted by Gasteiger charge is -2.37. The van der Waals surface area contributed by atoms with Gasteiger partial charge in [0, 0.05) is 31.0 Å². The zero-order valence-electron chi connectivity index (χ0n) is 17.8. The molecule has 1 aliphatic rings. The summed E-state index contributed by atoms with van der Waals surface area (Å²) < 4.78 is 5.53. The van der Waals surface area contributed by atoms with Crippen LogP contribution in [0.2, 0.25) is 0 Å². The van der Waals surface area contributed by atoms with Crippen LogP contribution in [0.25, 0.3) is 0 Å². The van der Waals surface area contributed by atoms with E-state index in [0.717, 1.165) is 43.9 Å². The van der Waals surface area contributed by atoms with Crippen LogP contribution in [0.5, 0.6) is 5.75 Å². The quantitative estimate of drug-likeness (QED) is 0.633. The van der Waals surface area contributed by atoms with Crippen LogP contribution in [0, 0.1) is 5.92 Å². The van der Waals surface area contributed by atoms with Crippen molar-refractivity contribution in [1.82, 2.24) is 20.2 Å². The predicted molar refractivity (Wildman–Crippen MR) is 120 cm³/mol. The normalized spacial score (nSPS) is 17.6. The molecule has 0 spiro atoms. The number of methoxy groups -OCH3 is 1. The van der Waals surface area contributed by atoms with Crippen LogP contribution < -0.4 is 10.1 Å². The van der Waals surface area contributed by atoms with Gasteiger partial charge in [-0.05, 0) is 55.6 Å². The third-order valence-electron chi connectivity index (χ3n) is 5.79. The highest BCUT2D eigenvalue weighted by Crippen LogP contribution is 2.31. The van der Waals surface area contributed by atoms with Crippen molar-refractivity contribution in [2.75, 3.05) is 20.2 Å². The predicted octanol–water partition coefficient (Wildman–Crippen LogP) is 3.87. The smallest absolute Gasteiger partial charge is 0.270 e. The number of amides is 1. The Balaban J connectivity index is 1.52. The van der Waals surface area contributed by atoms with Crippen molar-refractivity contribution in [3.05, 3.63) is 90.0 Å². The van der Waals surface area contributed by atoms with Crippen LogP contribution in [0.3, 0.4) is 0 Å². The summed E-state index contributed by atoms with van der Waals surface area (Å²) >= 11 is 0. The fourth-order valence-electron chi connectivity index (χ4n) is 4.29. The second kappa shape index (κ2) is 10.2. The first-order chi connectivity index (χ1) is 15.2. The summed E-state index contributed by atoms with van der Waals surface area (Å²) in [6.07, 6.45) is 5.53. The number of hydrogen-bond donors (Lipinski definition) is 1. The average Bonchev–Trinajstić information content (AvgIpc) is 2.84. The summed E-state index contributed by atoms with van der Waals surface area (Å²) in [6.45, 7) is 2.73. The van der Waals surface area contributed by atoms with Crippen LogP contribution in [-0.4, -0.2) is 41.0 Å². The topological polar surface area (TPSA) is 67.3 Å². The Labute approximate surface area is 183 Å². The average molecular weight is 417 g/mol. The molecule has 1 saturated heterocycles. The number of hydrogen-bond acceptors (Lipinski definition) is 5. The third-order valence-corrected chi connectivity index (χ3v) is 5.79. The van der Waals surface area contributed by atoms with Crippen LogP contribution in [0.15, 0.2) is 73.1 Å². The van der Waals surface area contributed by atoms with Crippen molar-refractivity contribution < 1.29 is 9.53 Å². The maximum absolute atomic E-state index is 12.9. The lowest BCUT2D eigenvalue weighted by molar-refractivity contribution is 0.0869. The molecule has 2 atom stereocenters. The molecule has 31 heavy (non-hydrogen) atoms. The van der Waals surface area contributed by atoms with Gasteiger partial charge in [0.15, 0.2) is 0 Å². The number of aromatic nitrogens is 2. The minimum absolute atomic E-state index is 0.168. The molecule has 0 radical (unpaired) electrons. The zero-order valence-corrected chi connectivity index (χ0v) is 17.8. The van der Waals surface area contributed by atoms with Crippen LogP contribution in [-0.2, 0) is 6.54 Å². The number of piperidine rings is 1. The maximum atomic E-state index is 12.9. The van der Waals surface area contributed by atoms with Crippen molar-refractivity contribution in [2.24, 2.45) is 5.92 Å². The molecule has 0 unspecified atom stereocenters. The number of carbonyl (C=O) groups is 1. The first kappa shape index (κ1) is 21.0. The molecule has 6 heteroatoms. The van der Waals surface area contributed by atoms with Gasteiger partial charge < -0.3 is 10.1 Å². The third kappa shape index (κ3) is 5.27. The van der Waals surface area contributed by atoms with Gasteiger partial charge in [-0.3, -0.25) is 19.7 Å². The van der Waals surface area contributed by atoms with E-state index in [-0.39, 0.29) is 17.9 Å². The van der Waals surface area contributed by atoms with E-state index in [2.05, 4.69) is 26.3 Å². The highest BCUT2D eigenvalue weighted by Gasteiger charge is 2.31. The molecule has 0 aliphatic carbocycles. The highest BCUT2D eigenvalue weighted by atomic mass is 16.5. The van der Waals surface area contributed by atoms with Crippen molar-refractivity contribution in [3.8, 4) is 5.75 Å². The molecule has 1 aliphatic heterocycles. The fraction of sp³-hybridized carbons (Fsp3) is 0.320. The highest BCUT2D eigenvalue weighted by molar-refractivity contribution is 5.92. The Morgan fingerprint density at radius 2 is 1.87 bits per heavy atom. The lowest BCUT2D eigenvalue weighted by Crippen LogP contribution is -2.43. The van der Waals surface area contributed by atoms with Gasteiger partial charge in [-0.1, -0.05) is 30.3 Å². The van der Waals surface area contributed by atoms with E-state index in [1.54, 1.807) is 25.6 Å². The van der Waals surface area contributed by atoms with E-state index in [0.29, 0.717) is 5.69 Å². The minimum atomic E-state index is -0.170. The Morgan fingerprint density at radius 3 is 2.61 bits per heavy atom. The van der Waals surface area contributed by atoms with Gasteiger partial charge in [-0.2, -0.15) is 0 Å². The van der Waals surface area contributed by atoms with E-state index in [1.807, 2.05) is 48.5 Å². The number of benzene rings is 1. The minimum Gasteiger partial charge on any atom is -0.496 e. The molecule has 160 valence electrons. The van der Waals surface area contributed by atoms with Crippen LogP contribution >= 0.6 is 0 Å². The van der Waals surface area contributed by atoms with Crippen molar-refractivity contribution in [2.45, 2.75) is 25.4 Å². The number of likely N-dealkylation sites (tertiary alicyclic amines) is 1. The molecule has 1 fully saturated rings. The summed E-state index contributed by atoms with van der Waals surface area (Å²) in [5.41, 5.74) is 2.48. The summed E-state index contributed by atoms with van der Waals surface area (Å²) in [7, 11) is 1.71. The summed E-state index contributed by atoms with van der Waals surface area (Å²) in [5, 5.41) is 3.21. The molecule has 2 aromatic heterocycles. The number of nitrogens with one attached hydrogen (secondary N) is 1. The second-order valence-corrected chi connectivity index (χ2v) is 7.87. The van der Waals surface area contributed by atoms with Gasteiger partial charge in [0.05, 0.1) is 18.8 Å². The van der Waals surface area contributed by atoms with Gasteiger partial charge in [-0.15, -0.1) is 0 Å². The first-order valence-corrected chi connectivity index (χ1v) is 10.7. The van der Waals surface area contributed by atoms with E-state index < -0.39 is 0 Å². The molecule has 1 amide bonds. The van der Waals surface area contributed by atoms with Crippen molar-refractivity contribution in [3.63, 3.8) is 0 Å². The van der Waals surface area contributed by atoms with Gasteiger partial charge >= 0.3 is 0 Å². The van der Waals surface area contributed by atoms with Gasteiger partial charge in [0.1, 0.15) is 11.4 Å². The van der Waals surface area contributed by atoms with Crippen LogP contribution in [0.1, 0.15) is 40.6 Å². The number of para-hydroxylation sites is 1. The Morgan fingerprint density at radius 1 is 1.10 bits per heavy atom. The molecule has 1 aromatic carbocycles. The molecule has 0 saturated carbocycles. The van der Waals surface area contributed by atoms with E-state index >= 15 is 0 Å². The molecule has 3 heterocycles. The number of ether oxygens (including phenoxy) is 1. The van der Waals surface area contributed by atoms with Gasteiger partial charge in [0.2, 0.25) is 0 Å². The first-order valence-electron chi connectivity index (χ1n) is 10.7. The monoisotopic (exact) mass is 416 g/mol. The van der Waals surface area contributed by atoms with E-state index in [9.17, 15) is 4.79 Å². The zero-order chi connectivity index (χ0) is 21.5. The Kier molecular flexibility index (Phi) is 6.89. The SMILES string of the molecule is COc1ccccc1CN1CCC[C@@H]([C@H](NC(=O)c2ccccn2)c2ccccn2)C1. The Bertz CT molecular complexity index is 981. The summed E-state index contributed by atoms with van der Waals surface area (Å²) in [4.78, 5) is 24.1. The summed E-state index contributed by atoms with van der Waals surface area (Å²) in [5.74, 6) is 0.999. The number of rotatable bonds is 7. The van der Waals surface area contributed by atoms with Crippen molar-refractivity contribution >= 4 is 5.91 Å². The van der Waals surface area contributed by atoms with E-state index in [1.165, 1.54) is 5.56 Å². The molecule has 3 aromatic rings. The molecule has 4 rings (SSSR count). The van der Waals surface area contributed by atoms with Crippen LogP contribution in [0.4, 0.5) is 0 Å². The molecule has 0 bridgehead atoms. The molecular weight excluding hydrogens is 388 g/mol. The maximum Gasteiger partial charge on any atom is 0.270 e. The standard InChI is InChI=1S/C25H28N4O2/c1-31-23-13-3-2-9-19(23)17-29-16-8-10-20(18-29)24(21-11-4-6-14-26-21)28-25(30)22-12-5-7-15-27-22/h2-7,9,11-15,20,24H,8,10,16-18H2,1H3,(H,28,30)/t20-,24+/m1/s1. The Hall–Kier alpha value is -3.25.